The monoisotopic (exact) mass is 453 g/mol. The van der Waals surface area contributed by atoms with Crippen molar-refractivity contribution >= 4 is 46.3 Å². The first-order valence-electron chi connectivity index (χ1n) is 10.4. The van der Waals surface area contributed by atoms with E-state index >= 15 is 0 Å². The zero-order valence-electron chi connectivity index (χ0n) is 18.9. The molecule has 0 fully saturated rings. The highest BCUT2D eigenvalue weighted by molar-refractivity contribution is 7.07. The fraction of sp³-hybridized carbons (Fsp3) is 0.391. The van der Waals surface area contributed by atoms with Crippen molar-refractivity contribution in [2.24, 2.45) is 10.4 Å². The molecule has 1 aliphatic rings. The molecule has 0 bridgehead atoms. The van der Waals surface area contributed by atoms with Gasteiger partial charge in [-0.2, -0.15) is 5.26 Å². The number of rotatable bonds is 5. The second-order valence-electron chi connectivity index (χ2n) is 8.48. The van der Waals surface area contributed by atoms with Gasteiger partial charge in [0.1, 0.15) is 27.4 Å². The van der Waals surface area contributed by atoms with E-state index in [1.54, 1.807) is 22.9 Å². The van der Waals surface area contributed by atoms with Gasteiger partial charge in [-0.05, 0) is 32.0 Å². The summed E-state index contributed by atoms with van der Waals surface area (Å²) < 4.78 is 8.06. The summed E-state index contributed by atoms with van der Waals surface area (Å²) >= 11 is 1.21. The van der Waals surface area contributed by atoms with Crippen LogP contribution in [-0.2, 0) is 16.1 Å². The zero-order valence-corrected chi connectivity index (χ0v) is 19.7. The third-order valence-electron chi connectivity index (χ3n) is 4.73. The van der Waals surface area contributed by atoms with E-state index in [4.69, 9.17) is 4.74 Å². The van der Waals surface area contributed by atoms with Crippen LogP contribution in [0.25, 0.3) is 11.8 Å². The first-order chi connectivity index (χ1) is 15.1. The summed E-state index contributed by atoms with van der Waals surface area (Å²) in [6.45, 7) is 10.1. The van der Waals surface area contributed by atoms with Gasteiger partial charge in [0.05, 0.1) is 6.04 Å². The zero-order chi connectivity index (χ0) is 23.5. The minimum atomic E-state index is -0.506. The van der Waals surface area contributed by atoms with Crippen LogP contribution in [0.1, 0.15) is 34.6 Å². The number of carbonyl (C=O) groups excluding carboxylic acids is 1. The van der Waals surface area contributed by atoms with Crippen LogP contribution in [0.4, 0.5) is 11.4 Å². The Kier molecular flexibility index (Phi) is 6.84. The molecular formula is C23H27N5O3S. The molecule has 3 rings (SSSR count). The molecule has 0 unspecified atom stereocenters. The van der Waals surface area contributed by atoms with Crippen LogP contribution in [0.2, 0.25) is 0 Å². The van der Waals surface area contributed by atoms with Gasteiger partial charge in [0.15, 0.2) is 0 Å². The molecule has 1 amide bonds. The molecule has 1 aliphatic heterocycles. The number of anilines is 2. The highest BCUT2D eigenvalue weighted by Crippen LogP contribution is 2.20. The van der Waals surface area contributed by atoms with Gasteiger partial charge in [0, 0.05) is 29.5 Å². The van der Waals surface area contributed by atoms with Crippen molar-refractivity contribution in [1.82, 2.24) is 4.57 Å². The van der Waals surface area contributed by atoms with Gasteiger partial charge >= 0.3 is 0 Å². The fourth-order valence-corrected chi connectivity index (χ4v) is 4.03. The number of hydrogen-bond donors (Lipinski definition) is 2. The maximum atomic E-state index is 12.9. The first-order valence-corrected chi connectivity index (χ1v) is 11.2. The maximum Gasteiger partial charge on any atom is 0.270 e. The van der Waals surface area contributed by atoms with Crippen molar-refractivity contribution in [3.63, 3.8) is 0 Å². The molecule has 9 heteroatoms. The van der Waals surface area contributed by atoms with Gasteiger partial charge in [-0.15, -0.1) is 11.3 Å². The van der Waals surface area contributed by atoms with Gasteiger partial charge < -0.3 is 15.4 Å². The van der Waals surface area contributed by atoms with Gasteiger partial charge in [-0.25, -0.2) is 4.99 Å². The lowest BCUT2D eigenvalue weighted by molar-refractivity contribution is -0.123. The lowest BCUT2D eigenvalue weighted by Crippen LogP contribution is -2.32. The summed E-state index contributed by atoms with van der Waals surface area (Å²) in [6, 6.07) is 9.38. The smallest absolute Gasteiger partial charge is 0.270 e. The van der Waals surface area contributed by atoms with E-state index < -0.39 is 5.41 Å². The van der Waals surface area contributed by atoms with Crippen LogP contribution >= 0.6 is 11.3 Å². The highest BCUT2D eigenvalue weighted by atomic mass is 32.1. The van der Waals surface area contributed by atoms with Crippen molar-refractivity contribution in [1.29, 1.82) is 5.26 Å². The van der Waals surface area contributed by atoms with Crippen molar-refractivity contribution < 1.29 is 9.53 Å². The Morgan fingerprint density at radius 2 is 2.12 bits per heavy atom. The third-order valence-corrected chi connectivity index (χ3v) is 5.86. The average Bonchev–Trinajstić information content (AvgIpc) is 3.30. The molecule has 0 aliphatic carbocycles. The average molecular weight is 454 g/mol. The Labute approximate surface area is 190 Å². The number of nitriles is 1. The lowest BCUT2D eigenvalue weighted by Gasteiger charge is -2.18. The summed E-state index contributed by atoms with van der Waals surface area (Å²) in [6.07, 6.45) is 1.61. The molecule has 0 saturated heterocycles. The van der Waals surface area contributed by atoms with Crippen LogP contribution in [0, 0.1) is 16.7 Å². The minimum absolute atomic E-state index is 0.0196. The largest absolute Gasteiger partial charge is 0.475 e. The standard InChI is InChI=1S/C23H27N5O3S/c1-6-28-20(29)18(32-21(28)17(11-24)19-26-14(2)13-31-19)12-25-15-8-7-9-16(10-15)27-22(30)23(3,4)5/h7-10,12,14,25H,6,13H2,1-5H3,(H,27,30)/b18-12+,21-17-/t14-/m0/s1. The topological polar surface area (TPSA) is 109 Å². The van der Waals surface area contributed by atoms with Gasteiger partial charge in [-0.1, -0.05) is 26.8 Å². The summed E-state index contributed by atoms with van der Waals surface area (Å²) in [5, 5.41) is 15.7. The fourth-order valence-electron chi connectivity index (χ4n) is 2.94. The van der Waals surface area contributed by atoms with E-state index in [-0.39, 0.29) is 29.0 Å². The van der Waals surface area contributed by atoms with Gasteiger partial charge in [0.2, 0.25) is 11.8 Å². The van der Waals surface area contributed by atoms with Crippen LogP contribution in [-0.4, -0.2) is 29.0 Å². The summed E-state index contributed by atoms with van der Waals surface area (Å²) in [7, 11) is 0. The molecule has 8 nitrogen and oxygen atoms in total. The van der Waals surface area contributed by atoms with E-state index in [2.05, 4.69) is 21.7 Å². The van der Waals surface area contributed by atoms with Crippen molar-refractivity contribution in [2.45, 2.75) is 47.2 Å². The van der Waals surface area contributed by atoms with Crippen LogP contribution in [0.3, 0.4) is 0 Å². The van der Waals surface area contributed by atoms with Crippen molar-refractivity contribution in [3.8, 4) is 6.07 Å². The molecule has 0 radical (unpaired) electrons. The first kappa shape index (κ1) is 23.3. The SMILES string of the molecule is CCn1c(=O)/c(=C\Nc2cccc(NC(=O)C(C)(C)C)c2)s/c1=C(/C#N)C1=N[C@@H](C)CO1. The van der Waals surface area contributed by atoms with E-state index in [9.17, 15) is 14.9 Å². The number of aromatic nitrogens is 1. The number of aliphatic imine (C=N–C) groups is 1. The summed E-state index contributed by atoms with van der Waals surface area (Å²) in [5.41, 5.74) is 0.943. The quantitative estimate of drug-likeness (QED) is 0.722. The predicted octanol–water partition coefficient (Wildman–Crippen LogP) is 2.26. The molecule has 2 aromatic rings. The lowest BCUT2D eigenvalue weighted by atomic mass is 9.95. The molecule has 32 heavy (non-hydrogen) atoms. The number of carbonyl (C=O) groups is 1. The number of nitrogens with one attached hydrogen (secondary N) is 2. The molecule has 0 spiro atoms. The second-order valence-corrected chi connectivity index (χ2v) is 9.51. The molecule has 1 atom stereocenters. The van der Waals surface area contributed by atoms with E-state index in [0.717, 1.165) is 5.69 Å². The highest BCUT2D eigenvalue weighted by Gasteiger charge is 2.22. The van der Waals surface area contributed by atoms with E-state index in [1.807, 2.05) is 46.8 Å². The predicted molar refractivity (Wildman–Crippen MR) is 128 cm³/mol. The Bertz CT molecular complexity index is 1270. The van der Waals surface area contributed by atoms with Crippen LogP contribution in [0.15, 0.2) is 34.1 Å². The van der Waals surface area contributed by atoms with Crippen molar-refractivity contribution in [2.75, 3.05) is 17.2 Å². The number of amides is 1. The number of thiazole rings is 1. The third kappa shape index (κ3) is 5.08. The Balaban J connectivity index is 1.96. The normalized spacial score (nSPS) is 17.3. The molecular weight excluding hydrogens is 426 g/mol. The molecule has 2 heterocycles. The van der Waals surface area contributed by atoms with Gasteiger partial charge in [0.25, 0.3) is 5.56 Å². The maximum absolute atomic E-state index is 12.9. The Morgan fingerprint density at radius 3 is 2.72 bits per heavy atom. The Hall–Kier alpha value is -3.38. The minimum Gasteiger partial charge on any atom is -0.475 e. The van der Waals surface area contributed by atoms with Crippen LogP contribution < -0.4 is 25.4 Å². The number of benzene rings is 1. The summed E-state index contributed by atoms with van der Waals surface area (Å²) in [5.74, 6) is 0.198. The van der Waals surface area contributed by atoms with E-state index in [1.165, 1.54) is 11.3 Å². The summed E-state index contributed by atoms with van der Waals surface area (Å²) in [4.78, 5) is 29.5. The second kappa shape index (κ2) is 9.40. The van der Waals surface area contributed by atoms with Gasteiger partial charge in [-0.3, -0.25) is 14.2 Å². The number of nitrogens with zero attached hydrogens (tertiary/aromatic N) is 3. The molecule has 168 valence electrons. The van der Waals surface area contributed by atoms with Crippen molar-refractivity contribution in [3.05, 3.63) is 43.8 Å². The number of ether oxygens (including phenoxy) is 1. The number of hydrogen-bond acceptors (Lipinski definition) is 7. The molecule has 1 aromatic heterocycles. The Morgan fingerprint density at radius 1 is 1.41 bits per heavy atom. The van der Waals surface area contributed by atoms with E-state index in [0.29, 0.717) is 28.0 Å². The molecule has 2 N–H and O–H groups in total. The van der Waals surface area contributed by atoms with Crippen LogP contribution in [0.5, 0.6) is 0 Å². The molecule has 0 saturated carbocycles. The molecule has 1 aromatic carbocycles.